The summed E-state index contributed by atoms with van der Waals surface area (Å²) in [6.07, 6.45) is 0. The fourth-order valence-electron chi connectivity index (χ4n) is 2.24. The van der Waals surface area contributed by atoms with E-state index in [1.807, 2.05) is 0 Å². The van der Waals surface area contributed by atoms with Gasteiger partial charge >= 0.3 is 6.61 Å². The van der Waals surface area contributed by atoms with Gasteiger partial charge in [-0.3, -0.25) is 4.79 Å². The summed E-state index contributed by atoms with van der Waals surface area (Å²) in [5.41, 5.74) is 1.46. The first-order chi connectivity index (χ1) is 14.1. The van der Waals surface area contributed by atoms with E-state index in [1.54, 1.807) is 19.1 Å². The molecule has 0 aliphatic rings. The van der Waals surface area contributed by atoms with Crippen LogP contribution in [0.25, 0.3) is 0 Å². The molecule has 0 aliphatic carbocycles. The lowest BCUT2D eigenvalue weighted by Crippen LogP contribution is -2.22. The number of nitrogens with zero attached hydrogens (tertiary/aromatic N) is 2. The van der Waals surface area contributed by atoms with E-state index < -0.39 is 22.5 Å². The third-order valence-corrected chi connectivity index (χ3v) is 5.64. The van der Waals surface area contributed by atoms with Crippen molar-refractivity contribution in [2.75, 3.05) is 26.0 Å². The number of sulfonamides is 1. The van der Waals surface area contributed by atoms with Gasteiger partial charge in [0.25, 0.3) is 5.91 Å². The molecule has 0 saturated heterocycles. The number of anilines is 1. The molecule has 0 aromatic heterocycles. The maximum Gasteiger partial charge on any atom is 0.387 e. The molecule has 0 aliphatic heterocycles. The van der Waals surface area contributed by atoms with Gasteiger partial charge in [-0.15, -0.1) is 0 Å². The number of alkyl halides is 2. The molecule has 2 aromatic rings. The normalized spacial score (nSPS) is 12.2. The van der Waals surface area contributed by atoms with Gasteiger partial charge in [-0.1, -0.05) is 17.3 Å². The molecule has 162 valence electrons. The lowest BCUT2D eigenvalue weighted by atomic mass is 10.1. The Bertz CT molecular complexity index is 992. The molecule has 0 fully saturated rings. The van der Waals surface area contributed by atoms with Gasteiger partial charge in [0.2, 0.25) is 10.0 Å². The van der Waals surface area contributed by atoms with Crippen LogP contribution in [-0.2, 0) is 19.7 Å². The Balaban J connectivity index is 1.89. The van der Waals surface area contributed by atoms with E-state index in [9.17, 15) is 22.0 Å². The monoisotopic (exact) mass is 441 g/mol. The van der Waals surface area contributed by atoms with Crippen molar-refractivity contribution in [1.29, 1.82) is 0 Å². The summed E-state index contributed by atoms with van der Waals surface area (Å²) in [6.45, 7) is -1.65. The number of amides is 1. The lowest BCUT2D eigenvalue weighted by molar-refractivity contribution is -0.120. The molecule has 1 N–H and O–H groups in total. The Hall–Kier alpha value is -3.05. The van der Waals surface area contributed by atoms with E-state index in [-0.39, 0.29) is 17.3 Å². The molecule has 11 heteroatoms. The first-order valence-electron chi connectivity index (χ1n) is 8.64. The zero-order chi connectivity index (χ0) is 22.3. The van der Waals surface area contributed by atoms with Gasteiger partial charge in [-0.25, -0.2) is 12.7 Å². The highest BCUT2D eigenvalue weighted by Gasteiger charge is 2.16. The molecule has 0 atom stereocenters. The average molecular weight is 441 g/mol. The lowest BCUT2D eigenvalue weighted by Gasteiger charge is -2.11. The van der Waals surface area contributed by atoms with E-state index in [4.69, 9.17) is 4.84 Å². The average Bonchev–Trinajstić information content (AvgIpc) is 2.69. The van der Waals surface area contributed by atoms with Crippen LogP contribution in [0.1, 0.15) is 12.5 Å². The van der Waals surface area contributed by atoms with Crippen LogP contribution in [0.5, 0.6) is 5.75 Å². The summed E-state index contributed by atoms with van der Waals surface area (Å²) in [4.78, 5) is 17.1. The second-order valence-electron chi connectivity index (χ2n) is 6.21. The highest BCUT2D eigenvalue weighted by molar-refractivity contribution is 7.89. The molecule has 2 rings (SSSR count). The molecule has 0 heterocycles. The Morgan fingerprint density at radius 1 is 1.10 bits per heavy atom. The van der Waals surface area contributed by atoms with Gasteiger partial charge in [0.1, 0.15) is 5.75 Å². The zero-order valence-electron chi connectivity index (χ0n) is 16.5. The topological polar surface area (TPSA) is 97.3 Å². The number of hydrogen-bond donors (Lipinski definition) is 1. The van der Waals surface area contributed by atoms with Gasteiger partial charge in [0, 0.05) is 19.8 Å². The Labute approximate surface area is 173 Å². The molecule has 0 radical (unpaired) electrons. The van der Waals surface area contributed by atoms with Crippen LogP contribution >= 0.6 is 0 Å². The van der Waals surface area contributed by atoms with Crippen molar-refractivity contribution in [1.82, 2.24) is 4.31 Å². The summed E-state index contributed by atoms with van der Waals surface area (Å²) < 4.78 is 53.7. The second-order valence-corrected chi connectivity index (χ2v) is 8.36. The van der Waals surface area contributed by atoms with Crippen LogP contribution in [0.4, 0.5) is 14.5 Å². The summed E-state index contributed by atoms with van der Waals surface area (Å²) in [5.74, 6) is -0.523. The minimum atomic E-state index is -3.52. The number of ether oxygens (including phenoxy) is 1. The largest absolute Gasteiger partial charge is 0.435 e. The highest BCUT2D eigenvalue weighted by atomic mass is 32.2. The van der Waals surface area contributed by atoms with E-state index in [1.165, 1.54) is 50.5 Å². The Morgan fingerprint density at radius 3 is 2.23 bits per heavy atom. The van der Waals surface area contributed by atoms with E-state index >= 15 is 0 Å². The van der Waals surface area contributed by atoms with Crippen LogP contribution in [0.2, 0.25) is 0 Å². The van der Waals surface area contributed by atoms with E-state index in [0.29, 0.717) is 17.0 Å². The van der Waals surface area contributed by atoms with Crippen molar-refractivity contribution in [3.05, 3.63) is 54.1 Å². The maximum atomic E-state index is 12.1. The van der Waals surface area contributed by atoms with Crippen LogP contribution in [0, 0.1) is 0 Å². The number of carbonyl (C=O) groups is 1. The van der Waals surface area contributed by atoms with Crippen LogP contribution in [-0.4, -0.2) is 51.7 Å². The Morgan fingerprint density at radius 2 is 1.70 bits per heavy atom. The van der Waals surface area contributed by atoms with Crippen molar-refractivity contribution >= 4 is 27.3 Å². The van der Waals surface area contributed by atoms with Crippen molar-refractivity contribution in [3.8, 4) is 5.75 Å². The quantitative estimate of drug-likeness (QED) is 0.477. The van der Waals surface area contributed by atoms with Gasteiger partial charge in [-0.05, 0) is 48.9 Å². The number of carbonyl (C=O) groups excluding carboxylic acids is 1. The molecular weight excluding hydrogens is 420 g/mol. The molecule has 1 amide bonds. The van der Waals surface area contributed by atoms with Gasteiger partial charge < -0.3 is 14.9 Å². The number of rotatable bonds is 9. The Kier molecular flexibility index (Phi) is 7.84. The second kappa shape index (κ2) is 10.1. The van der Waals surface area contributed by atoms with Crippen LogP contribution in [0.3, 0.4) is 0 Å². The molecule has 8 nitrogen and oxygen atoms in total. The molecule has 2 aromatic carbocycles. The van der Waals surface area contributed by atoms with Crippen molar-refractivity contribution < 1.29 is 31.6 Å². The fourth-order valence-corrected chi connectivity index (χ4v) is 3.14. The standard InChI is InChI=1S/C19H21F2N3O5S/c1-13(14-4-10-17(11-5-14)30(26,27)24(2)3)23-28-12-18(25)22-15-6-8-16(9-7-15)29-19(20)21/h4-11,19H,12H2,1-3H3,(H,22,25). The van der Waals surface area contributed by atoms with Gasteiger partial charge in [0.05, 0.1) is 10.6 Å². The maximum absolute atomic E-state index is 12.1. The first-order valence-corrected chi connectivity index (χ1v) is 10.1. The van der Waals surface area contributed by atoms with Crippen LogP contribution in [0.15, 0.2) is 58.6 Å². The van der Waals surface area contributed by atoms with Crippen molar-refractivity contribution in [2.45, 2.75) is 18.4 Å². The third-order valence-electron chi connectivity index (χ3n) is 3.81. The fraction of sp³-hybridized carbons (Fsp3) is 0.263. The predicted octanol–water partition coefficient (Wildman–Crippen LogP) is 2.92. The first kappa shape index (κ1) is 23.2. The minimum absolute atomic E-state index is 0.0242. The molecule has 30 heavy (non-hydrogen) atoms. The molecule has 0 bridgehead atoms. The SMILES string of the molecule is CC(=NOCC(=O)Nc1ccc(OC(F)F)cc1)c1ccc(S(=O)(=O)N(C)C)cc1. The summed E-state index contributed by atoms with van der Waals surface area (Å²) in [5, 5.41) is 6.37. The van der Waals surface area contributed by atoms with Crippen molar-refractivity contribution in [2.24, 2.45) is 5.16 Å². The van der Waals surface area contributed by atoms with Gasteiger partial charge in [0.15, 0.2) is 6.61 Å². The third kappa shape index (κ3) is 6.49. The number of hydrogen-bond acceptors (Lipinski definition) is 6. The number of nitrogens with one attached hydrogen (secondary N) is 1. The number of halogens is 2. The highest BCUT2D eigenvalue weighted by Crippen LogP contribution is 2.18. The van der Waals surface area contributed by atoms with Crippen molar-refractivity contribution in [3.63, 3.8) is 0 Å². The molecule has 0 unspecified atom stereocenters. The summed E-state index contributed by atoms with van der Waals surface area (Å²) in [6, 6.07) is 11.5. The smallest absolute Gasteiger partial charge is 0.387 e. The number of benzene rings is 2. The van der Waals surface area contributed by atoms with E-state index in [2.05, 4.69) is 15.2 Å². The molecule has 0 saturated carbocycles. The molecular formula is C19H21F2N3O5S. The van der Waals surface area contributed by atoms with Gasteiger partial charge in [-0.2, -0.15) is 8.78 Å². The molecule has 0 spiro atoms. The zero-order valence-corrected chi connectivity index (χ0v) is 17.3. The summed E-state index contributed by atoms with van der Waals surface area (Å²) >= 11 is 0. The summed E-state index contributed by atoms with van der Waals surface area (Å²) in [7, 11) is -0.632. The van der Waals surface area contributed by atoms with Crippen LogP contribution < -0.4 is 10.1 Å². The van der Waals surface area contributed by atoms with E-state index in [0.717, 1.165) is 4.31 Å². The number of oxime groups is 1. The predicted molar refractivity (Wildman–Crippen MR) is 107 cm³/mol. The minimum Gasteiger partial charge on any atom is -0.435 e.